The maximum absolute atomic E-state index is 12.7. The van der Waals surface area contributed by atoms with Crippen LogP contribution in [0, 0.1) is 0 Å². The summed E-state index contributed by atoms with van der Waals surface area (Å²) in [5, 5.41) is 1.78. The number of hydrogen-bond donors (Lipinski definition) is 1. The Balaban J connectivity index is 1.69. The highest BCUT2D eigenvalue weighted by atomic mass is 35.5. The fraction of sp³-hybridized carbons (Fsp3) is 0.350. The average molecular weight is 424 g/mol. The maximum Gasteiger partial charge on any atom is 0.238 e. The Morgan fingerprint density at radius 1 is 1.14 bits per heavy atom. The molecule has 1 heterocycles. The predicted molar refractivity (Wildman–Crippen MR) is 107 cm³/mol. The zero-order valence-corrected chi connectivity index (χ0v) is 17.1. The third kappa shape index (κ3) is 4.97. The van der Waals surface area contributed by atoms with Gasteiger partial charge in [0.25, 0.3) is 0 Å². The molecule has 0 aliphatic carbocycles. The molecule has 28 heavy (non-hydrogen) atoms. The van der Waals surface area contributed by atoms with Crippen LogP contribution in [-0.2, 0) is 26.9 Å². The molecular weight excluding hydrogens is 402 g/mol. The number of ether oxygens (including phenoxy) is 2. The molecule has 1 aliphatic heterocycles. The van der Waals surface area contributed by atoms with Gasteiger partial charge in [0.1, 0.15) is 5.25 Å². The minimum Gasteiger partial charge on any atom is -0.489 e. The number of sulfone groups is 1. The molecule has 1 aliphatic rings. The highest BCUT2D eigenvalue weighted by Crippen LogP contribution is 2.38. The standard InChI is InChI=1S/C20H22ClNO5S/c1-14(20(23)22-12-15-6-3-2-4-7-15)28(24,25)13-16-10-17(21)19-18(11-16)26-8-5-9-27-19/h2-4,6-7,10-11,14H,5,8-9,12-13H2,1H3,(H,22,23)/t14-/m1/s1. The number of carbonyl (C=O) groups is 1. The Morgan fingerprint density at radius 2 is 1.86 bits per heavy atom. The number of nitrogens with one attached hydrogen (secondary N) is 1. The third-order valence-electron chi connectivity index (χ3n) is 4.45. The number of hydrogen-bond acceptors (Lipinski definition) is 5. The van der Waals surface area contributed by atoms with Crippen molar-refractivity contribution in [2.24, 2.45) is 0 Å². The Hall–Kier alpha value is -2.25. The maximum atomic E-state index is 12.7. The normalized spacial score (nSPS) is 14.8. The van der Waals surface area contributed by atoms with E-state index in [0.717, 1.165) is 12.0 Å². The van der Waals surface area contributed by atoms with E-state index in [9.17, 15) is 13.2 Å². The molecule has 0 aromatic heterocycles. The summed E-state index contributed by atoms with van der Waals surface area (Å²) in [5.74, 6) is -0.00170. The van der Waals surface area contributed by atoms with E-state index in [0.29, 0.717) is 35.3 Å². The number of benzene rings is 2. The highest BCUT2D eigenvalue weighted by molar-refractivity contribution is 7.92. The molecule has 1 N–H and O–H groups in total. The molecule has 2 aromatic carbocycles. The molecule has 3 rings (SSSR count). The van der Waals surface area contributed by atoms with Crippen molar-refractivity contribution in [2.75, 3.05) is 13.2 Å². The SMILES string of the molecule is C[C@H](C(=O)NCc1ccccc1)S(=O)(=O)Cc1cc(Cl)c2c(c1)OCCCO2. The predicted octanol–water partition coefficient (Wildman–Crippen LogP) is 3.12. The number of carbonyl (C=O) groups excluding carboxylic acids is 1. The molecule has 150 valence electrons. The van der Waals surface area contributed by atoms with Gasteiger partial charge in [0.2, 0.25) is 5.91 Å². The molecule has 8 heteroatoms. The van der Waals surface area contributed by atoms with Crippen molar-refractivity contribution < 1.29 is 22.7 Å². The van der Waals surface area contributed by atoms with Crippen LogP contribution < -0.4 is 14.8 Å². The molecule has 6 nitrogen and oxygen atoms in total. The summed E-state index contributed by atoms with van der Waals surface area (Å²) in [6.07, 6.45) is 0.720. The largest absolute Gasteiger partial charge is 0.489 e. The van der Waals surface area contributed by atoms with Crippen molar-refractivity contribution >= 4 is 27.3 Å². The van der Waals surface area contributed by atoms with Crippen molar-refractivity contribution in [3.63, 3.8) is 0 Å². The second-order valence-electron chi connectivity index (χ2n) is 6.61. The molecule has 1 atom stereocenters. The van der Waals surface area contributed by atoms with Gasteiger partial charge >= 0.3 is 0 Å². The summed E-state index contributed by atoms with van der Waals surface area (Å²) in [4.78, 5) is 12.3. The summed E-state index contributed by atoms with van der Waals surface area (Å²) in [6, 6.07) is 12.5. The Bertz CT molecular complexity index is 947. The van der Waals surface area contributed by atoms with E-state index in [1.165, 1.54) is 6.92 Å². The van der Waals surface area contributed by atoms with Gasteiger partial charge in [-0.15, -0.1) is 0 Å². The summed E-state index contributed by atoms with van der Waals surface area (Å²) in [6.45, 7) is 2.62. The fourth-order valence-corrected chi connectivity index (χ4v) is 4.40. The summed E-state index contributed by atoms with van der Waals surface area (Å²) in [7, 11) is -3.74. The minimum absolute atomic E-state index is 0.273. The van der Waals surface area contributed by atoms with Gasteiger partial charge in [-0.2, -0.15) is 0 Å². The van der Waals surface area contributed by atoms with Gasteiger partial charge in [-0.05, 0) is 30.2 Å². The lowest BCUT2D eigenvalue weighted by Gasteiger charge is -2.15. The summed E-state index contributed by atoms with van der Waals surface area (Å²) < 4.78 is 36.6. The van der Waals surface area contributed by atoms with Crippen molar-refractivity contribution in [2.45, 2.75) is 30.9 Å². The van der Waals surface area contributed by atoms with Gasteiger partial charge in [0.05, 0.1) is 24.0 Å². The molecule has 0 unspecified atom stereocenters. The van der Waals surface area contributed by atoms with Gasteiger partial charge in [-0.3, -0.25) is 4.79 Å². The van der Waals surface area contributed by atoms with Crippen molar-refractivity contribution in [3.8, 4) is 11.5 Å². The van der Waals surface area contributed by atoms with Crippen LogP contribution >= 0.6 is 11.6 Å². The van der Waals surface area contributed by atoms with Crippen LogP contribution in [-0.4, -0.2) is 32.8 Å². The molecule has 2 aromatic rings. The Kier molecular flexibility index (Phi) is 6.46. The average Bonchev–Trinajstić information content (AvgIpc) is 2.92. The lowest BCUT2D eigenvalue weighted by molar-refractivity contribution is -0.120. The lowest BCUT2D eigenvalue weighted by atomic mass is 10.2. The molecule has 0 saturated carbocycles. The monoisotopic (exact) mass is 423 g/mol. The first-order valence-corrected chi connectivity index (χ1v) is 11.1. The summed E-state index contributed by atoms with van der Waals surface area (Å²) >= 11 is 6.23. The first kappa shape index (κ1) is 20.5. The van der Waals surface area contributed by atoms with Crippen molar-refractivity contribution in [1.29, 1.82) is 0 Å². The molecule has 0 radical (unpaired) electrons. The van der Waals surface area contributed by atoms with Crippen LogP contribution in [0.5, 0.6) is 11.5 Å². The second kappa shape index (κ2) is 8.84. The van der Waals surface area contributed by atoms with Crippen LogP contribution in [0.4, 0.5) is 0 Å². The van der Waals surface area contributed by atoms with Crippen LogP contribution in [0.25, 0.3) is 0 Å². The third-order valence-corrected chi connectivity index (χ3v) is 6.76. The van der Waals surface area contributed by atoms with Gasteiger partial charge < -0.3 is 14.8 Å². The molecule has 0 fully saturated rings. The van der Waals surface area contributed by atoms with E-state index in [4.69, 9.17) is 21.1 Å². The van der Waals surface area contributed by atoms with Gasteiger partial charge in [0.15, 0.2) is 21.3 Å². The topological polar surface area (TPSA) is 81.7 Å². The fourth-order valence-electron chi connectivity index (χ4n) is 2.82. The van der Waals surface area contributed by atoms with Crippen molar-refractivity contribution in [3.05, 3.63) is 58.6 Å². The van der Waals surface area contributed by atoms with E-state index in [1.807, 2.05) is 30.3 Å². The zero-order chi connectivity index (χ0) is 20.1. The first-order chi connectivity index (χ1) is 13.4. The molecule has 0 saturated heterocycles. The van der Waals surface area contributed by atoms with E-state index in [1.54, 1.807) is 12.1 Å². The zero-order valence-electron chi connectivity index (χ0n) is 15.5. The number of amides is 1. The van der Waals surface area contributed by atoms with Crippen molar-refractivity contribution in [1.82, 2.24) is 5.32 Å². The quantitative estimate of drug-likeness (QED) is 0.771. The van der Waals surface area contributed by atoms with Gasteiger partial charge in [0, 0.05) is 13.0 Å². The molecule has 0 spiro atoms. The van der Waals surface area contributed by atoms with Gasteiger partial charge in [-0.25, -0.2) is 8.42 Å². The number of halogens is 1. The second-order valence-corrected chi connectivity index (χ2v) is 9.34. The van der Waals surface area contributed by atoms with E-state index in [-0.39, 0.29) is 12.3 Å². The number of rotatable bonds is 6. The number of fused-ring (bicyclic) bond motifs is 1. The van der Waals surface area contributed by atoms with E-state index >= 15 is 0 Å². The Labute approximate surface area is 169 Å². The van der Waals surface area contributed by atoms with E-state index in [2.05, 4.69) is 5.32 Å². The van der Waals surface area contributed by atoms with Crippen LogP contribution in [0.1, 0.15) is 24.5 Å². The van der Waals surface area contributed by atoms with Gasteiger partial charge in [-0.1, -0.05) is 41.9 Å². The smallest absolute Gasteiger partial charge is 0.238 e. The molecular formula is C20H22ClNO5S. The molecule has 1 amide bonds. The Morgan fingerprint density at radius 3 is 2.61 bits per heavy atom. The summed E-state index contributed by atoms with van der Waals surface area (Å²) in [5.41, 5.74) is 1.35. The lowest BCUT2D eigenvalue weighted by Crippen LogP contribution is -2.38. The highest BCUT2D eigenvalue weighted by Gasteiger charge is 2.29. The first-order valence-electron chi connectivity index (χ1n) is 8.98. The molecule has 0 bridgehead atoms. The van der Waals surface area contributed by atoms with Crippen LogP contribution in [0.3, 0.4) is 0 Å². The van der Waals surface area contributed by atoms with Crippen LogP contribution in [0.2, 0.25) is 5.02 Å². The minimum atomic E-state index is -3.74. The van der Waals surface area contributed by atoms with Crippen LogP contribution in [0.15, 0.2) is 42.5 Å². The van der Waals surface area contributed by atoms with E-state index < -0.39 is 21.0 Å².